The molecule has 0 saturated heterocycles. The van der Waals surface area contributed by atoms with Crippen LogP contribution in [0.2, 0.25) is 0 Å². The quantitative estimate of drug-likeness (QED) is 0.284. The molecule has 0 bridgehead atoms. The Morgan fingerprint density at radius 3 is 0.655 bits per heavy atom. The zero-order valence-corrected chi connectivity index (χ0v) is 14.3. The van der Waals surface area contributed by atoms with E-state index in [9.17, 15) is 52.7 Å². The van der Waals surface area contributed by atoms with Crippen LogP contribution in [0.5, 0.6) is 0 Å². The Hall–Kier alpha value is -1.00. The summed E-state index contributed by atoms with van der Waals surface area (Å²) in [5.41, 5.74) is 0. The highest BCUT2D eigenvalue weighted by Crippen LogP contribution is 2.29. The third-order valence-electron chi connectivity index (χ3n) is 2.66. The van der Waals surface area contributed by atoms with Crippen LogP contribution in [-0.4, -0.2) is 57.3 Å². The summed E-state index contributed by atoms with van der Waals surface area (Å²) in [6, 6.07) is 0. The van der Waals surface area contributed by atoms with Gasteiger partial charge in [-0.1, -0.05) is 0 Å². The maximum absolute atomic E-state index is 12.2. The zero-order valence-electron chi connectivity index (χ0n) is 14.3. The number of ether oxygens (including phenoxy) is 4. The van der Waals surface area contributed by atoms with Gasteiger partial charge in [-0.3, -0.25) is 0 Å². The first-order chi connectivity index (χ1) is 12.8. The molecule has 176 valence electrons. The highest BCUT2D eigenvalue weighted by molar-refractivity contribution is 4.57. The average molecular weight is 464 g/mol. The van der Waals surface area contributed by atoms with E-state index in [1.807, 2.05) is 0 Å². The van der Waals surface area contributed by atoms with Crippen molar-refractivity contribution >= 4 is 0 Å². The van der Waals surface area contributed by atoms with Crippen LogP contribution < -0.4 is 0 Å². The summed E-state index contributed by atoms with van der Waals surface area (Å²) in [6.07, 6.45) is -29.9. The molecule has 0 rings (SSSR count). The van der Waals surface area contributed by atoms with E-state index in [0.29, 0.717) is 0 Å². The van der Waals surface area contributed by atoms with Gasteiger partial charge in [0, 0.05) is 0 Å². The SMILES string of the molecule is FC(F)(F)CCOC(OCCC(F)(F)F)(OCCC(F)(F)F)OCCC(F)(F)F. The Labute approximate surface area is 156 Å². The Balaban J connectivity index is 5.26. The van der Waals surface area contributed by atoms with Crippen molar-refractivity contribution in [1.29, 1.82) is 0 Å². The third-order valence-corrected chi connectivity index (χ3v) is 2.66. The standard InChI is InChI=1S/C13H16F12O4/c14-9(15,16)1-5-26-13(27-6-2-10(17,18)19,28-7-3-11(20,21)22)29-8-4-12(23,24)25/h1-8H2. The number of hydrogen-bond acceptors (Lipinski definition) is 4. The molecule has 29 heavy (non-hydrogen) atoms. The van der Waals surface area contributed by atoms with E-state index in [2.05, 4.69) is 18.9 Å². The zero-order chi connectivity index (χ0) is 23.0. The van der Waals surface area contributed by atoms with Gasteiger partial charge in [0.15, 0.2) is 0 Å². The summed E-state index contributed by atoms with van der Waals surface area (Å²) in [4.78, 5) is 0. The van der Waals surface area contributed by atoms with Crippen LogP contribution in [0.25, 0.3) is 0 Å². The van der Waals surface area contributed by atoms with E-state index >= 15 is 0 Å². The molecule has 0 aliphatic rings. The van der Waals surface area contributed by atoms with Gasteiger partial charge in [0.05, 0.1) is 52.1 Å². The predicted molar refractivity (Wildman–Crippen MR) is 69.2 cm³/mol. The monoisotopic (exact) mass is 464 g/mol. The molecule has 0 aliphatic heterocycles. The predicted octanol–water partition coefficient (Wildman–Crippen LogP) is 5.47. The molecular formula is C13H16F12O4. The molecule has 0 saturated carbocycles. The van der Waals surface area contributed by atoms with Crippen molar-refractivity contribution in [3.63, 3.8) is 0 Å². The minimum atomic E-state index is -4.87. The lowest BCUT2D eigenvalue weighted by atomic mass is 10.4. The molecule has 16 heteroatoms. The number of hydrogen-bond donors (Lipinski definition) is 0. The van der Waals surface area contributed by atoms with Gasteiger partial charge >= 0.3 is 30.9 Å². The van der Waals surface area contributed by atoms with Gasteiger partial charge in [-0.15, -0.1) is 0 Å². The molecule has 0 aromatic heterocycles. The molecule has 4 nitrogen and oxygen atoms in total. The first-order valence-corrected chi connectivity index (χ1v) is 7.65. The fourth-order valence-corrected chi connectivity index (χ4v) is 1.42. The number of alkyl halides is 12. The highest BCUT2D eigenvalue weighted by Gasteiger charge is 2.42. The normalized spacial score (nSPS) is 14.5. The van der Waals surface area contributed by atoms with E-state index in [0.717, 1.165) is 0 Å². The van der Waals surface area contributed by atoms with E-state index in [1.165, 1.54) is 0 Å². The fourth-order valence-electron chi connectivity index (χ4n) is 1.42. The molecule has 0 aliphatic carbocycles. The van der Waals surface area contributed by atoms with Crippen molar-refractivity contribution in [2.75, 3.05) is 26.4 Å². The van der Waals surface area contributed by atoms with E-state index in [-0.39, 0.29) is 0 Å². The van der Waals surface area contributed by atoms with E-state index < -0.39 is 83.0 Å². The maximum Gasteiger partial charge on any atom is 0.412 e. The van der Waals surface area contributed by atoms with Gasteiger partial charge in [0.1, 0.15) is 0 Å². The van der Waals surface area contributed by atoms with Gasteiger partial charge in [-0.05, 0) is 0 Å². The molecule has 0 unspecified atom stereocenters. The lowest BCUT2D eigenvalue weighted by Gasteiger charge is -2.32. The minimum absolute atomic E-state index is 1.44. The lowest BCUT2D eigenvalue weighted by Crippen LogP contribution is -2.45. The van der Waals surface area contributed by atoms with Crippen LogP contribution >= 0.6 is 0 Å². The Kier molecular flexibility index (Phi) is 10.5. The smallest absolute Gasteiger partial charge is 0.303 e. The first kappa shape index (κ1) is 28.0. The molecule has 0 atom stereocenters. The maximum atomic E-state index is 12.2. The molecule has 0 aromatic carbocycles. The highest BCUT2D eigenvalue weighted by atomic mass is 19.4. The van der Waals surface area contributed by atoms with Crippen LogP contribution in [0.1, 0.15) is 25.7 Å². The second-order valence-electron chi connectivity index (χ2n) is 5.35. The van der Waals surface area contributed by atoms with Gasteiger partial charge in [-0.2, -0.15) is 52.7 Å². The van der Waals surface area contributed by atoms with Crippen LogP contribution in [0, 0.1) is 0 Å². The molecule has 0 amide bonds. The van der Waals surface area contributed by atoms with Gasteiger partial charge in [0.2, 0.25) is 0 Å². The minimum Gasteiger partial charge on any atom is -0.303 e. The van der Waals surface area contributed by atoms with Crippen molar-refractivity contribution < 1.29 is 71.6 Å². The Morgan fingerprint density at radius 1 is 0.345 bits per heavy atom. The van der Waals surface area contributed by atoms with Crippen molar-refractivity contribution in [1.82, 2.24) is 0 Å². The van der Waals surface area contributed by atoms with Crippen LogP contribution in [0.4, 0.5) is 52.7 Å². The summed E-state index contributed by atoms with van der Waals surface area (Å²) in [5.74, 6) is 0. The average Bonchev–Trinajstić information content (AvgIpc) is 2.41. The molecule has 0 heterocycles. The molecule has 0 aromatic rings. The van der Waals surface area contributed by atoms with Crippen molar-refractivity contribution in [3.8, 4) is 0 Å². The van der Waals surface area contributed by atoms with Crippen LogP contribution in [0.15, 0.2) is 0 Å². The Morgan fingerprint density at radius 2 is 0.517 bits per heavy atom. The lowest BCUT2D eigenvalue weighted by molar-refractivity contribution is -0.503. The molecule has 0 radical (unpaired) electrons. The van der Waals surface area contributed by atoms with Gasteiger partial charge in [-0.25, -0.2) is 0 Å². The second-order valence-corrected chi connectivity index (χ2v) is 5.35. The molecule has 0 spiro atoms. The second kappa shape index (κ2) is 10.9. The molecular weight excluding hydrogens is 448 g/mol. The summed E-state index contributed by atoms with van der Waals surface area (Å²) >= 11 is 0. The van der Waals surface area contributed by atoms with Gasteiger partial charge in [0.25, 0.3) is 0 Å². The molecule has 0 fully saturated rings. The Bertz CT molecular complexity index is 369. The van der Waals surface area contributed by atoms with Crippen molar-refractivity contribution in [2.45, 2.75) is 56.5 Å². The summed E-state index contributed by atoms with van der Waals surface area (Å²) in [5, 5.41) is 0. The third kappa shape index (κ3) is 17.6. The topological polar surface area (TPSA) is 36.9 Å². The van der Waals surface area contributed by atoms with E-state index in [1.54, 1.807) is 0 Å². The summed E-state index contributed by atoms with van der Waals surface area (Å²) < 4.78 is 164. The van der Waals surface area contributed by atoms with E-state index in [4.69, 9.17) is 0 Å². The molecule has 0 N–H and O–H groups in total. The summed E-state index contributed by atoms with van der Waals surface area (Å²) in [7, 11) is 0. The van der Waals surface area contributed by atoms with Crippen LogP contribution in [-0.2, 0) is 18.9 Å². The number of rotatable bonds is 12. The summed E-state index contributed by atoms with van der Waals surface area (Å²) in [6.45, 7) is -5.75. The van der Waals surface area contributed by atoms with Gasteiger partial charge < -0.3 is 18.9 Å². The largest absolute Gasteiger partial charge is 0.412 e. The first-order valence-electron chi connectivity index (χ1n) is 7.65. The fraction of sp³-hybridized carbons (Fsp3) is 1.00. The van der Waals surface area contributed by atoms with Crippen molar-refractivity contribution in [3.05, 3.63) is 0 Å². The van der Waals surface area contributed by atoms with Crippen LogP contribution in [0.3, 0.4) is 0 Å². The number of halogens is 12. The van der Waals surface area contributed by atoms with Crippen molar-refractivity contribution in [2.24, 2.45) is 0 Å².